The third kappa shape index (κ3) is 4.64. The smallest absolute Gasteiger partial charge is 0.253 e. The topological polar surface area (TPSA) is 65.2 Å². The monoisotopic (exact) mass is 471 g/mol. The molecule has 1 aromatic heterocycles. The van der Waals surface area contributed by atoms with Gasteiger partial charge in [0.15, 0.2) is 0 Å². The number of amides is 2. The highest BCUT2D eigenvalue weighted by molar-refractivity contribution is 6.36. The first-order valence-electron chi connectivity index (χ1n) is 11.0. The molecule has 5 nitrogen and oxygen atoms in total. The highest BCUT2D eigenvalue weighted by Gasteiger charge is 2.32. The quantitative estimate of drug-likeness (QED) is 0.505. The van der Waals surface area contributed by atoms with Gasteiger partial charge in [-0.25, -0.2) is 0 Å². The fraction of sp³-hybridized carbons (Fsp3) is 0.360. The van der Waals surface area contributed by atoms with Crippen LogP contribution in [0.15, 0.2) is 48.7 Å². The zero-order valence-electron chi connectivity index (χ0n) is 18.2. The molecular formula is C25H27Cl2N3O2. The Morgan fingerprint density at radius 3 is 2.50 bits per heavy atom. The van der Waals surface area contributed by atoms with Crippen molar-refractivity contribution < 1.29 is 9.59 Å². The van der Waals surface area contributed by atoms with E-state index in [9.17, 15) is 9.59 Å². The number of nitrogens with zero attached hydrogens (tertiary/aromatic N) is 1. The zero-order chi connectivity index (χ0) is 22.8. The Morgan fingerprint density at radius 2 is 1.81 bits per heavy atom. The van der Waals surface area contributed by atoms with Crippen molar-refractivity contribution in [1.82, 2.24) is 15.2 Å². The molecule has 1 fully saturated rings. The number of nitrogens with one attached hydrogen (secondary N) is 2. The number of benzene rings is 2. The Kier molecular flexibility index (Phi) is 6.77. The van der Waals surface area contributed by atoms with Crippen LogP contribution in [-0.4, -0.2) is 40.8 Å². The number of aromatic amines is 1. The first kappa shape index (κ1) is 22.7. The average molecular weight is 472 g/mol. The molecule has 3 aromatic rings. The van der Waals surface area contributed by atoms with E-state index in [4.69, 9.17) is 23.2 Å². The summed E-state index contributed by atoms with van der Waals surface area (Å²) in [4.78, 5) is 31.3. The highest BCUT2D eigenvalue weighted by atomic mass is 35.5. The van der Waals surface area contributed by atoms with E-state index >= 15 is 0 Å². The third-order valence-electron chi connectivity index (χ3n) is 6.26. The summed E-state index contributed by atoms with van der Waals surface area (Å²) >= 11 is 12.1. The van der Waals surface area contributed by atoms with Crippen molar-refractivity contribution in [3.8, 4) is 0 Å². The first-order valence-corrected chi connectivity index (χ1v) is 11.7. The third-order valence-corrected chi connectivity index (χ3v) is 6.81. The van der Waals surface area contributed by atoms with Gasteiger partial charge in [-0.3, -0.25) is 9.59 Å². The molecule has 0 spiro atoms. The minimum Gasteiger partial charge on any atom is -0.361 e. The van der Waals surface area contributed by atoms with Crippen LogP contribution >= 0.6 is 23.2 Å². The molecule has 0 bridgehead atoms. The Bertz CT molecular complexity index is 1130. The van der Waals surface area contributed by atoms with Crippen LogP contribution in [0.25, 0.3) is 10.9 Å². The van der Waals surface area contributed by atoms with Crippen LogP contribution < -0.4 is 5.32 Å². The van der Waals surface area contributed by atoms with Gasteiger partial charge in [-0.05, 0) is 54.5 Å². The average Bonchev–Trinajstić information content (AvgIpc) is 3.21. The predicted octanol–water partition coefficient (Wildman–Crippen LogP) is 5.64. The van der Waals surface area contributed by atoms with E-state index in [0.29, 0.717) is 29.6 Å². The summed E-state index contributed by atoms with van der Waals surface area (Å²) in [5, 5.41) is 4.87. The minimum atomic E-state index is -0.612. The number of carbonyl (C=O) groups excluding carboxylic acids is 2. The Labute approximate surface area is 198 Å². The van der Waals surface area contributed by atoms with E-state index in [1.54, 1.807) is 12.1 Å². The second-order valence-corrected chi connectivity index (χ2v) is 9.55. The molecule has 2 heterocycles. The number of hydrogen-bond acceptors (Lipinski definition) is 2. The van der Waals surface area contributed by atoms with Crippen molar-refractivity contribution >= 4 is 45.9 Å². The summed E-state index contributed by atoms with van der Waals surface area (Å²) in [5.41, 5.74) is 2.77. The van der Waals surface area contributed by atoms with Gasteiger partial charge < -0.3 is 15.2 Å². The van der Waals surface area contributed by atoms with Gasteiger partial charge in [-0.1, -0.05) is 55.2 Å². The van der Waals surface area contributed by atoms with Crippen molar-refractivity contribution in [3.63, 3.8) is 0 Å². The van der Waals surface area contributed by atoms with Gasteiger partial charge in [0.1, 0.15) is 6.04 Å². The molecule has 2 N–H and O–H groups in total. The molecule has 0 aliphatic carbocycles. The molecule has 1 atom stereocenters. The summed E-state index contributed by atoms with van der Waals surface area (Å²) in [6.45, 7) is 5.21. The van der Waals surface area contributed by atoms with Crippen LogP contribution in [-0.2, 0) is 4.79 Å². The number of likely N-dealkylation sites (tertiary alicyclic amines) is 1. The van der Waals surface area contributed by atoms with Crippen molar-refractivity contribution in [2.24, 2.45) is 5.92 Å². The lowest BCUT2D eigenvalue weighted by atomic mass is 9.88. The SMILES string of the molecule is CC(C)[C@H](NC(=O)c1ccc(Cl)cc1Cl)C(=O)N1CCC(c2c[nH]c3ccccc23)CC1. The summed E-state index contributed by atoms with van der Waals surface area (Å²) in [6, 6.07) is 12.4. The van der Waals surface area contributed by atoms with Crippen LogP contribution in [0.3, 0.4) is 0 Å². The van der Waals surface area contributed by atoms with Crippen LogP contribution in [0.1, 0.15) is 48.5 Å². The second-order valence-electron chi connectivity index (χ2n) is 8.71. The number of hydrogen-bond donors (Lipinski definition) is 2. The lowest BCUT2D eigenvalue weighted by Crippen LogP contribution is -2.52. The fourth-order valence-corrected chi connectivity index (χ4v) is 4.94. The summed E-state index contributed by atoms with van der Waals surface area (Å²) in [7, 11) is 0. The van der Waals surface area contributed by atoms with Gasteiger partial charge in [0.2, 0.25) is 5.91 Å². The van der Waals surface area contributed by atoms with Crippen LogP contribution in [0.5, 0.6) is 0 Å². The Hall–Kier alpha value is -2.50. The molecule has 2 aromatic carbocycles. The molecule has 168 valence electrons. The molecule has 0 unspecified atom stereocenters. The second kappa shape index (κ2) is 9.55. The highest BCUT2D eigenvalue weighted by Crippen LogP contribution is 2.33. The van der Waals surface area contributed by atoms with Crippen LogP contribution in [0, 0.1) is 5.92 Å². The number of fused-ring (bicyclic) bond motifs is 1. The van der Waals surface area contributed by atoms with E-state index in [2.05, 4.69) is 34.7 Å². The lowest BCUT2D eigenvalue weighted by molar-refractivity contribution is -0.135. The van der Waals surface area contributed by atoms with Crippen LogP contribution in [0.2, 0.25) is 10.0 Å². The standard InChI is InChI=1S/C25H27Cl2N3O2/c1-15(2)23(29-24(31)19-8-7-17(26)13-21(19)27)25(32)30-11-9-16(10-12-30)20-14-28-22-6-4-3-5-18(20)22/h3-8,13-16,23,28H,9-12H2,1-2H3,(H,29,31)/t23-/m0/s1. The van der Waals surface area contributed by atoms with Gasteiger partial charge in [0.25, 0.3) is 5.91 Å². The molecule has 32 heavy (non-hydrogen) atoms. The van der Waals surface area contributed by atoms with E-state index in [1.807, 2.05) is 24.8 Å². The number of para-hydroxylation sites is 1. The lowest BCUT2D eigenvalue weighted by Gasteiger charge is -2.35. The maximum absolute atomic E-state index is 13.3. The van der Waals surface area contributed by atoms with Crippen molar-refractivity contribution in [1.29, 1.82) is 0 Å². The zero-order valence-corrected chi connectivity index (χ0v) is 19.7. The molecule has 1 aliphatic heterocycles. The molecule has 4 rings (SSSR count). The summed E-state index contributed by atoms with van der Waals surface area (Å²) in [6.07, 6.45) is 3.89. The van der Waals surface area contributed by atoms with Crippen LogP contribution in [0.4, 0.5) is 0 Å². The number of carbonyl (C=O) groups is 2. The van der Waals surface area contributed by atoms with E-state index in [-0.39, 0.29) is 22.8 Å². The van der Waals surface area contributed by atoms with E-state index < -0.39 is 6.04 Å². The van der Waals surface area contributed by atoms with Gasteiger partial charge >= 0.3 is 0 Å². The molecule has 7 heteroatoms. The molecular weight excluding hydrogens is 445 g/mol. The largest absolute Gasteiger partial charge is 0.361 e. The maximum atomic E-state index is 13.3. The molecule has 0 saturated carbocycles. The number of aromatic nitrogens is 1. The van der Waals surface area contributed by atoms with Crippen molar-refractivity contribution in [2.45, 2.75) is 38.6 Å². The van der Waals surface area contributed by atoms with E-state index in [0.717, 1.165) is 18.4 Å². The Balaban J connectivity index is 1.42. The minimum absolute atomic E-state index is 0.0455. The van der Waals surface area contributed by atoms with Gasteiger partial charge in [0, 0.05) is 35.2 Å². The van der Waals surface area contributed by atoms with E-state index in [1.165, 1.54) is 17.0 Å². The van der Waals surface area contributed by atoms with Gasteiger partial charge in [-0.15, -0.1) is 0 Å². The van der Waals surface area contributed by atoms with Gasteiger partial charge in [-0.2, -0.15) is 0 Å². The summed E-state index contributed by atoms with van der Waals surface area (Å²) in [5.74, 6) is -0.0535. The fourth-order valence-electron chi connectivity index (χ4n) is 4.45. The van der Waals surface area contributed by atoms with Crippen molar-refractivity contribution in [3.05, 3.63) is 69.8 Å². The molecule has 0 radical (unpaired) electrons. The predicted molar refractivity (Wildman–Crippen MR) is 129 cm³/mol. The number of rotatable bonds is 5. The number of piperidine rings is 1. The molecule has 1 aliphatic rings. The first-order chi connectivity index (χ1) is 15.3. The Morgan fingerprint density at radius 1 is 1.09 bits per heavy atom. The molecule has 1 saturated heterocycles. The van der Waals surface area contributed by atoms with Crippen molar-refractivity contribution in [2.75, 3.05) is 13.1 Å². The van der Waals surface area contributed by atoms with Gasteiger partial charge in [0.05, 0.1) is 10.6 Å². The summed E-state index contributed by atoms with van der Waals surface area (Å²) < 4.78 is 0. The number of H-pyrrole nitrogens is 1. The normalized spacial score (nSPS) is 15.8. The maximum Gasteiger partial charge on any atom is 0.253 e. The molecule has 2 amide bonds. The number of halogens is 2.